The molecule has 6 heteroatoms. The van der Waals surface area contributed by atoms with Crippen LogP contribution < -0.4 is 0 Å². The van der Waals surface area contributed by atoms with E-state index >= 15 is 0 Å². The van der Waals surface area contributed by atoms with E-state index in [2.05, 4.69) is 15.0 Å². The Morgan fingerprint density at radius 3 is 2.37 bits per heavy atom. The van der Waals surface area contributed by atoms with Gasteiger partial charge in [0.05, 0.1) is 0 Å². The van der Waals surface area contributed by atoms with E-state index in [1.807, 2.05) is 30.3 Å². The SMILES string of the molecule is Fc1c(Cl)nc(-c2nccc3ccccc23)nc1Cl. The van der Waals surface area contributed by atoms with Crippen LogP contribution >= 0.6 is 23.2 Å². The molecule has 0 radical (unpaired) electrons. The number of hydrogen-bond acceptors (Lipinski definition) is 3. The molecule has 0 amide bonds. The lowest BCUT2D eigenvalue weighted by Gasteiger charge is -2.05. The lowest BCUT2D eigenvalue weighted by Crippen LogP contribution is -1.97. The standard InChI is InChI=1S/C13H6Cl2FN3/c14-11-9(16)12(15)19-13(18-11)10-8-4-2-1-3-7(8)5-6-17-10/h1-6H. The molecule has 0 bridgehead atoms. The normalized spacial score (nSPS) is 10.9. The maximum atomic E-state index is 13.3. The highest BCUT2D eigenvalue weighted by Crippen LogP contribution is 2.27. The van der Waals surface area contributed by atoms with E-state index in [1.165, 1.54) is 0 Å². The molecule has 0 aliphatic heterocycles. The molecular formula is C13H6Cl2FN3. The number of benzene rings is 1. The zero-order valence-electron chi connectivity index (χ0n) is 9.44. The van der Waals surface area contributed by atoms with Gasteiger partial charge in [-0.15, -0.1) is 0 Å². The highest BCUT2D eigenvalue weighted by Gasteiger charge is 2.14. The first-order chi connectivity index (χ1) is 9.16. The Balaban J connectivity index is 2.31. The molecule has 0 N–H and O–H groups in total. The van der Waals surface area contributed by atoms with Crippen LogP contribution in [0.4, 0.5) is 4.39 Å². The van der Waals surface area contributed by atoms with Crippen molar-refractivity contribution in [1.29, 1.82) is 0 Å². The number of aromatic nitrogens is 3. The topological polar surface area (TPSA) is 38.7 Å². The van der Waals surface area contributed by atoms with Crippen molar-refractivity contribution in [2.75, 3.05) is 0 Å². The predicted octanol–water partition coefficient (Wildman–Crippen LogP) is 4.14. The maximum absolute atomic E-state index is 13.3. The zero-order chi connectivity index (χ0) is 13.4. The van der Waals surface area contributed by atoms with Crippen LogP contribution in [-0.2, 0) is 0 Å². The quantitative estimate of drug-likeness (QED) is 0.633. The molecule has 3 rings (SSSR count). The van der Waals surface area contributed by atoms with Gasteiger partial charge in [-0.1, -0.05) is 47.5 Å². The molecule has 94 valence electrons. The van der Waals surface area contributed by atoms with Crippen LogP contribution in [0.25, 0.3) is 22.3 Å². The first kappa shape index (κ1) is 12.3. The summed E-state index contributed by atoms with van der Waals surface area (Å²) in [4.78, 5) is 12.0. The number of hydrogen-bond donors (Lipinski definition) is 0. The minimum atomic E-state index is -0.827. The minimum Gasteiger partial charge on any atom is -0.252 e. The number of nitrogens with zero attached hydrogens (tertiary/aromatic N) is 3. The van der Waals surface area contributed by atoms with Gasteiger partial charge in [0.25, 0.3) is 0 Å². The third-order valence-corrected chi connectivity index (χ3v) is 3.16. The van der Waals surface area contributed by atoms with Gasteiger partial charge >= 0.3 is 0 Å². The van der Waals surface area contributed by atoms with Crippen LogP contribution in [0.1, 0.15) is 0 Å². The molecule has 0 saturated carbocycles. The van der Waals surface area contributed by atoms with Crippen molar-refractivity contribution >= 4 is 34.0 Å². The van der Waals surface area contributed by atoms with Gasteiger partial charge in [0, 0.05) is 11.6 Å². The second kappa shape index (κ2) is 4.72. The van der Waals surface area contributed by atoms with E-state index in [4.69, 9.17) is 23.2 Å². The molecule has 2 aromatic heterocycles. The van der Waals surface area contributed by atoms with Crippen LogP contribution in [0.2, 0.25) is 10.3 Å². The van der Waals surface area contributed by atoms with Gasteiger partial charge in [0.1, 0.15) is 5.69 Å². The highest BCUT2D eigenvalue weighted by molar-refractivity contribution is 6.33. The Bertz CT molecular complexity index is 748. The summed E-state index contributed by atoms with van der Waals surface area (Å²) in [5.74, 6) is -0.625. The van der Waals surface area contributed by atoms with E-state index in [1.54, 1.807) is 6.20 Å². The molecule has 3 aromatic rings. The average Bonchev–Trinajstić information content (AvgIpc) is 2.43. The molecule has 0 spiro atoms. The molecule has 0 unspecified atom stereocenters. The number of rotatable bonds is 1. The Kier molecular flexibility index (Phi) is 3.05. The second-order valence-electron chi connectivity index (χ2n) is 3.82. The maximum Gasteiger partial charge on any atom is 0.197 e. The molecule has 2 heterocycles. The molecule has 0 fully saturated rings. The average molecular weight is 294 g/mol. The third-order valence-electron chi connectivity index (χ3n) is 2.66. The van der Waals surface area contributed by atoms with E-state index in [0.29, 0.717) is 5.69 Å². The van der Waals surface area contributed by atoms with Crippen molar-refractivity contribution in [3.05, 3.63) is 52.7 Å². The van der Waals surface area contributed by atoms with E-state index in [-0.39, 0.29) is 16.1 Å². The van der Waals surface area contributed by atoms with Crippen molar-refractivity contribution in [1.82, 2.24) is 15.0 Å². The molecule has 0 aliphatic rings. The Morgan fingerprint density at radius 2 is 1.63 bits per heavy atom. The van der Waals surface area contributed by atoms with Crippen molar-refractivity contribution in [3.63, 3.8) is 0 Å². The van der Waals surface area contributed by atoms with Crippen LogP contribution in [0, 0.1) is 5.82 Å². The van der Waals surface area contributed by atoms with Gasteiger partial charge in [0.15, 0.2) is 21.9 Å². The van der Waals surface area contributed by atoms with Gasteiger partial charge in [-0.05, 0) is 11.5 Å². The fourth-order valence-electron chi connectivity index (χ4n) is 1.80. The molecule has 3 nitrogen and oxygen atoms in total. The summed E-state index contributed by atoms with van der Waals surface area (Å²) in [7, 11) is 0. The Morgan fingerprint density at radius 1 is 0.947 bits per heavy atom. The van der Waals surface area contributed by atoms with Crippen molar-refractivity contribution < 1.29 is 4.39 Å². The molecule has 0 aliphatic carbocycles. The number of pyridine rings is 1. The summed E-state index contributed by atoms with van der Waals surface area (Å²) in [5, 5.41) is 1.20. The van der Waals surface area contributed by atoms with Gasteiger partial charge in [-0.2, -0.15) is 0 Å². The third kappa shape index (κ3) is 2.13. The minimum absolute atomic E-state index is 0.202. The first-order valence-corrected chi connectivity index (χ1v) is 6.15. The second-order valence-corrected chi connectivity index (χ2v) is 4.54. The van der Waals surface area contributed by atoms with Crippen molar-refractivity contribution in [3.8, 4) is 11.5 Å². The summed E-state index contributed by atoms with van der Waals surface area (Å²) >= 11 is 11.4. The van der Waals surface area contributed by atoms with E-state index in [0.717, 1.165) is 10.8 Å². The van der Waals surface area contributed by atoms with E-state index < -0.39 is 5.82 Å². The van der Waals surface area contributed by atoms with Crippen LogP contribution in [-0.4, -0.2) is 15.0 Å². The van der Waals surface area contributed by atoms with Crippen molar-refractivity contribution in [2.45, 2.75) is 0 Å². The summed E-state index contributed by atoms with van der Waals surface area (Å²) in [6, 6.07) is 9.48. The lowest BCUT2D eigenvalue weighted by atomic mass is 10.1. The Hall–Kier alpha value is -1.78. The van der Waals surface area contributed by atoms with Crippen LogP contribution in [0.3, 0.4) is 0 Å². The van der Waals surface area contributed by atoms with Crippen LogP contribution in [0.15, 0.2) is 36.5 Å². The molecular weight excluding hydrogens is 288 g/mol. The van der Waals surface area contributed by atoms with Crippen LogP contribution in [0.5, 0.6) is 0 Å². The smallest absolute Gasteiger partial charge is 0.197 e. The largest absolute Gasteiger partial charge is 0.252 e. The van der Waals surface area contributed by atoms with Crippen molar-refractivity contribution in [2.24, 2.45) is 0 Å². The summed E-state index contributed by atoms with van der Waals surface area (Å²) in [6.07, 6.45) is 1.63. The molecule has 0 atom stereocenters. The highest BCUT2D eigenvalue weighted by atomic mass is 35.5. The number of fused-ring (bicyclic) bond motifs is 1. The van der Waals surface area contributed by atoms with Gasteiger partial charge < -0.3 is 0 Å². The summed E-state index contributed by atoms with van der Waals surface area (Å²) < 4.78 is 13.3. The van der Waals surface area contributed by atoms with Gasteiger partial charge in [-0.25, -0.2) is 14.4 Å². The molecule has 19 heavy (non-hydrogen) atoms. The number of halogens is 3. The zero-order valence-corrected chi connectivity index (χ0v) is 11.0. The summed E-state index contributed by atoms with van der Waals surface area (Å²) in [6.45, 7) is 0. The monoisotopic (exact) mass is 293 g/mol. The fraction of sp³-hybridized carbons (Fsp3) is 0. The molecule has 0 saturated heterocycles. The van der Waals surface area contributed by atoms with Gasteiger partial charge in [-0.3, -0.25) is 4.98 Å². The van der Waals surface area contributed by atoms with E-state index in [9.17, 15) is 4.39 Å². The Labute approximate surface area is 118 Å². The first-order valence-electron chi connectivity index (χ1n) is 5.39. The predicted molar refractivity (Wildman–Crippen MR) is 72.7 cm³/mol. The van der Waals surface area contributed by atoms with Gasteiger partial charge in [0.2, 0.25) is 0 Å². The molecule has 1 aromatic carbocycles. The lowest BCUT2D eigenvalue weighted by molar-refractivity contribution is 0.615. The summed E-state index contributed by atoms with van der Waals surface area (Å²) in [5.41, 5.74) is 0.516. The fourth-order valence-corrected chi connectivity index (χ4v) is 2.19.